The van der Waals surface area contributed by atoms with Crippen molar-refractivity contribution in [2.75, 3.05) is 7.11 Å². The van der Waals surface area contributed by atoms with Crippen LogP contribution >= 0.6 is 0 Å². The summed E-state index contributed by atoms with van der Waals surface area (Å²) < 4.78 is 39.9. The molecule has 3 aromatic rings. The molecule has 0 aliphatic carbocycles. The second-order valence-corrected chi connectivity index (χ2v) is 4.99. The molecule has 0 saturated carbocycles. The van der Waals surface area contributed by atoms with Crippen LogP contribution in [-0.4, -0.2) is 11.8 Å². The van der Waals surface area contributed by atoms with Gasteiger partial charge in [0.2, 0.25) is 5.52 Å². The van der Waals surface area contributed by atoms with Gasteiger partial charge in [0.25, 0.3) is 5.69 Å². The maximum atomic E-state index is 12.9. The van der Waals surface area contributed by atoms with Crippen molar-refractivity contribution in [1.29, 1.82) is 0 Å². The van der Waals surface area contributed by atoms with E-state index in [0.29, 0.717) is 4.73 Å². The highest BCUT2D eigenvalue weighted by molar-refractivity contribution is 5.73. The molecule has 8 heteroatoms. The average molecular weight is 336 g/mol. The van der Waals surface area contributed by atoms with E-state index in [1.807, 2.05) is 0 Å². The van der Waals surface area contributed by atoms with Crippen LogP contribution in [0.2, 0.25) is 0 Å². The van der Waals surface area contributed by atoms with Crippen molar-refractivity contribution < 1.29 is 22.7 Å². The van der Waals surface area contributed by atoms with Crippen molar-refractivity contribution in [1.82, 2.24) is 4.73 Å². The number of para-hydroxylation sites is 2. The van der Waals surface area contributed by atoms with Crippen molar-refractivity contribution >= 4 is 11.0 Å². The zero-order valence-electron chi connectivity index (χ0n) is 12.4. The summed E-state index contributed by atoms with van der Waals surface area (Å²) in [7, 11) is 1.24. The SMILES string of the molecule is COn1c(=O)c(-c2cccc(C(F)(F)F)c2)[n+]([O-])c2ccccc21. The third-order valence-electron chi connectivity index (χ3n) is 3.56. The minimum Gasteiger partial charge on any atom is -0.618 e. The summed E-state index contributed by atoms with van der Waals surface area (Å²) in [6.07, 6.45) is -4.58. The van der Waals surface area contributed by atoms with Crippen LogP contribution < -0.4 is 15.1 Å². The molecular formula is C16H11F3N2O3. The van der Waals surface area contributed by atoms with Crippen LogP contribution in [0, 0.1) is 5.21 Å². The number of fused-ring (bicyclic) bond motifs is 1. The van der Waals surface area contributed by atoms with E-state index in [9.17, 15) is 23.2 Å². The van der Waals surface area contributed by atoms with Gasteiger partial charge in [-0.3, -0.25) is 4.79 Å². The Balaban J connectivity index is 2.37. The molecule has 0 unspecified atom stereocenters. The number of nitrogens with zero attached hydrogens (tertiary/aromatic N) is 2. The normalized spacial score (nSPS) is 11.7. The van der Waals surface area contributed by atoms with E-state index in [1.165, 1.54) is 25.3 Å². The largest absolute Gasteiger partial charge is 0.618 e. The van der Waals surface area contributed by atoms with E-state index in [1.54, 1.807) is 12.1 Å². The van der Waals surface area contributed by atoms with Crippen molar-refractivity contribution in [2.45, 2.75) is 6.18 Å². The second kappa shape index (κ2) is 5.55. The lowest BCUT2D eigenvalue weighted by Gasteiger charge is -2.13. The molecular weight excluding hydrogens is 325 g/mol. The molecule has 0 amide bonds. The van der Waals surface area contributed by atoms with Crippen molar-refractivity contribution in [2.24, 2.45) is 0 Å². The van der Waals surface area contributed by atoms with Crippen LogP contribution in [-0.2, 0) is 6.18 Å². The van der Waals surface area contributed by atoms with Crippen LogP contribution in [0.5, 0.6) is 0 Å². The predicted octanol–water partition coefficient (Wildman–Crippen LogP) is 2.38. The molecule has 124 valence electrons. The smallest absolute Gasteiger partial charge is 0.416 e. The third kappa shape index (κ3) is 2.45. The first-order chi connectivity index (χ1) is 11.3. The predicted molar refractivity (Wildman–Crippen MR) is 80.1 cm³/mol. The summed E-state index contributed by atoms with van der Waals surface area (Å²) in [6, 6.07) is 10.2. The van der Waals surface area contributed by atoms with Gasteiger partial charge in [-0.15, -0.1) is 4.73 Å². The molecule has 0 radical (unpaired) electrons. The number of benzene rings is 2. The van der Waals surface area contributed by atoms with Crippen molar-refractivity contribution in [3.05, 3.63) is 69.7 Å². The molecule has 2 aromatic carbocycles. The van der Waals surface area contributed by atoms with E-state index in [0.717, 1.165) is 22.9 Å². The summed E-state index contributed by atoms with van der Waals surface area (Å²) >= 11 is 0. The number of rotatable bonds is 2. The highest BCUT2D eigenvalue weighted by atomic mass is 19.4. The molecule has 0 fully saturated rings. The number of hydrogen-bond acceptors (Lipinski definition) is 3. The summed E-state index contributed by atoms with van der Waals surface area (Å²) in [5.41, 5.74) is -2.05. The van der Waals surface area contributed by atoms with Gasteiger partial charge in [0.1, 0.15) is 7.11 Å². The molecule has 3 rings (SSSR count). The van der Waals surface area contributed by atoms with Gasteiger partial charge < -0.3 is 10.0 Å². The first-order valence-corrected chi connectivity index (χ1v) is 6.84. The molecule has 1 heterocycles. The fourth-order valence-corrected chi connectivity index (χ4v) is 2.49. The number of alkyl halides is 3. The first-order valence-electron chi connectivity index (χ1n) is 6.84. The van der Waals surface area contributed by atoms with Crippen LogP contribution in [0.15, 0.2) is 53.3 Å². The highest BCUT2D eigenvalue weighted by Crippen LogP contribution is 2.31. The standard InChI is InChI=1S/C16H11F3N2O3/c1-24-21-13-8-3-2-7-12(13)20(23)14(15(21)22)10-5-4-6-11(9-10)16(17,18)19/h2-9H,1H3. The van der Waals surface area contributed by atoms with Crippen molar-refractivity contribution in [3.63, 3.8) is 0 Å². The van der Waals surface area contributed by atoms with Crippen LogP contribution in [0.1, 0.15) is 5.56 Å². The minimum absolute atomic E-state index is 0.103. The van der Waals surface area contributed by atoms with Gasteiger partial charge in [-0.2, -0.15) is 17.9 Å². The molecule has 0 atom stereocenters. The van der Waals surface area contributed by atoms with Gasteiger partial charge in [0.05, 0.1) is 11.1 Å². The summed E-state index contributed by atoms with van der Waals surface area (Å²) in [4.78, 5) is 17.5. The highest BCUT2D eigenvalue weighted by Gasteiger charge is 2.32. The molecule has 1 aromatic heterocycles. The van der Waals surface area contributed by atoms with E-state index in [-0.39, 0.29) is 16.6 Å². The second-order valence-electron chi connectivity index (χ2n) is 4.99. The maximum absolute atomic E-state index is 12.9. The zero-order chi connectivity index (χ0) is 17.5. The van der Waals surface area contributed by atoms with Crippen molar-refractivity contribution in [3.8, 4) is 11.3 Å². The van der Waals surface area contributed by atoms with Crippen LogP contribution in [0.4, 0.5) is 13.2 Å². The first kappa shape index (κ1) is 15.9. The maximum Gasteiger partial charge on any atom is 0.416 e. The third-order valence-corrected chi connectivity index (χ3v) is 3.56. The van der Waals surface area contributed by atoms with Crippen LogP contribution in [0.3, 0.4) is 0 Å². The van der Waals surface area contributed by atoms with E-state index in [4.69, 9.17) is 4.84 Å². The Morgan fingerprint density at radius 3 is 2.50 bits per heavy atom. The van der Waals surface area contributed by atoms with E-state index >= 15 is 0 Å². The Morgan fingerprint density at radius 2 is 1.83 bits per heavy atom. The quantitative estimate of drug-likeness (QED) is 0.533. The fraction of sp³-hybridized carbons (Fsp3) is 0.125. The molecule has 0 bridgehead atoms. The lowest BCUT2D eigenvalue weighted by molar-refractivity contribution is -0.566. The molecule has 0 saturated heterocycles. The van der Waals surface area contributed by atoms with Gasteiger partial charge in [-0.05, 0) is 24.3 Å². The molecule has 0 N–H and O–H groups in total. The number of aromatic nitrogens is 2. The zero-order valence-corrected chi connectivity index (χ0v) is 12.4. The fourth-order valence-electron chi connectivity index (χ4n) is 2.49. The molecule has 0 aliphatic heterocycles. The summed E-state index contributed by atoms with van der Waals surface area (Å²) in [5, 5.41) is 12.5. The number of hydrogen-bond donors (Lipinski definition) is 0. The van der Waals surface area contributed by atoms with E-state index < -0.39 is 23.0 Å². The lowest BCUT2D eigenvalue weighted by atomic mass is 10.1. The van der Waals surface area contributed by atoms with Gasteiger partial charge in [-0.1, -0.05) is 18.2 Å². The Labute approximate surface area is 133 Å². The lowest BCUT2D eigenvalue weighted by Crippen LogP contribution is -2.42. The Hall–Kier alpha value is -3.03. The molecule has 5 nitrogen and oxygen atoms in total. The van der Waals surface area contributed by atoms with Gasteiger partial charge in [0, 0.05) is 6.07 Å². The Morgan fingerprint density at radius 1 is 1.12 bits per heavy atom. The minimum atomic E-state index is -4.58. The van der Waals surface area contributed by atoms with Gasteiger partial charge in [-0.25, -0.2) is 0 Å². The van der Waals surface area contributed by atoms with E-state index in [2.05, 4.69) is 0 Å². The summed E-state index contributed by atoms with van der Waals surface area (Å²) in [6.45, 7) is 0. The van der Waals surface area contributed by atoms with Crippen LogP contribution in [0.25, 0.3) is 22.3 Å². The Kier molecular flexibility index (Phi) is 3.67. The monoisotopic (exact) mass is 336 g/mol. The van der Waals surface area contributed by atoms with Gasteiger partial charge in [0.15, 0.2) is 5.52 Å². The molecule has 0 spiro atoms. The average Bonchev–Trinajstić information content (AvgIpc) is 2.55. The van der Waals surface area contributed by atoms with Gasteiger partial charge >= 0.3 is 11.7 Å². The molecule has 24 heavy (non-hydrogen) atoms. The number of halogens is 3. The Bertz CT molecular complexity index is 980. The summed E-state index contributed by atoms with van der Waals surface area (Å²) in [5.74, 6) is 0. The molecule has 0 aliphatic rings. The topological polar surface area (TPSA) is 58.2 Å².